The Balaban J connectivity index is 2.64. The van der Waals surface area contributed by atoms with Crippen molar-refractivity contribution in [1.29, 1.82) is 0 Å². The molecule has 0 fully saturated rings. The molecule has 1 aromatic carbocycles. The molecule has 5 nitrogen and oxygen atoms in total. The number of rotatable bonds is 5. The maximum absolute atomic E-state index is 12.9. The molecule has 1 aromatic rings. The van der Waals surface area contributed by atoms with Gasteiger partial charge in [0.2, 0.25) is 0 Å². The summed E-state index contributed by atoms with van der Waals surface area (Å²) in [4.78, 5) is 21.4. The van der Waals surface area contributed by atoms with Crippen molar-refractivity contribution in [2.75, 3.05) is 13.2 Å². The molecule has 0 aliphatic carbocycles. The minimum Gasteiger partial charge on any atom is -0.491 e. The van der Waals surface area contributed by atoms with Crippen molar-refractivity contribution in [2.45, 2.75) is 6.92 Å². The predicted octanol–water partition coefficient (Wildman–Crippen LogP) is 1.67. The van der Waals surface area contributed by atoms with Crippen molar-refractivity contribution < 1.29 is 23.8 Å². The van der Waals surface area contributed by atoms with Crippen LogP contribution >= 0.6 is 0 Å². The van der Waals surface area contributed by atoms with Gasteiger partial charge < -0.3 is 15.2 Å². The van der Waals surface area contributed by atoms with E-state index in [2.05, 4.69) is 5.32 Å². The van der Waals surface area contributed by atoms with Crippen molar-refractivity contribution in [3.05, 3.63) is 29.6 Å². The van der Waals surface area contributed by atoms with Crippen LogP contribution in [0.15, 0.2) is 18.2 Å². The van der Waals surface area contributed by atoms with Gasteiger partial charge in [0, 0.05) is 0 Å². The summed E-state index contributed by atoms with van der Waals surface area (Å²) in [7, 11) is 0. The maximum Gasteiger partial charge on any atom is 0.404 e. The van der Waals surface area contributed by atoms with E-state index >= 15 is 0 Å². The van der Waals surface area contributed by atoms with E-state index < -0.39 is 11.9 Å². The number of Topliss-reactive ketones (excluding diaryl/α,β-unsaturated/α-hetero) is 1. The SMILES string of the molecule is CC(=O)c1cc(F)ccc1OCCNC(=O)O. The first kappa shape index (κ1) is 13.0. The number of hydrogen-bond acceptors (Lipinski definition) is 3. The average Bonchev–Trinajstić information content (AvgIpc) is 2.25. The van der Waals surface area contributed by atoms with Crippen LogP contribution < -0.4 is 10.1 Å². The number of halogens is 1. The van der Waals surface area contributed by atoms with Crippen molar-refractivity contribution in [2.24, 2.45) is 0 Å². The molecule has 6 heteroatoms. The third kappa shape index (κ3) is 4.10. The van der Waals surface area contributed by atoms with Gasteiger partial charge in [-0.15, -0.1) is 0 Å². The number of carbonyl (C=O) groups is 2. The molecule has 1 rings (SSSR count). The van der Waals surface area contributed by atoms with Crippen LogP contribution in [0.5, 0.6) is 5.75 Å². The lowest BCUT2D eigenvalue weighted by Gasteiger charge is -2.09. The first-order valence-corrected chi connectivity index (χ1v) is 4.91. The Morgan fingerprint density at radius 2 is 2.18 bits per heavy atom. The van der Waals surface area contributed by atoms with Gasteiger partial charge in [0.1, 0.15) is 18.2 Å². The monoisotopic (exact) mass is 241 g/mol. The van der Waals surface area contributed by atoms with Gasteiger partial charge in [-0.05, 0) is 25.1 Å². The summed E-state index contributed by atoms with van der Waals surface area (Å²) < 4.78 is 18.1. The molecule has 17 heavy (non-hydrogen) atoms. The first-order valence-electron chi connectivity index (χ1n) is 4.91. The zero-order chi connectivity index (χ0) is 12.8. The number of ether oxygens (including phenoxy) is 1. The third-order valence-corrected chi connectivity index (χ3v) is 1.96. The molecule has 0 heterocycles. The topological polar surface area (TPSA) is 75.6 Å². The summed E-state index contributed by atoms with van der Waals surface area (Å²) in [5.41, 5.74) is 0.139. The highest BCUT2D eigenvalue weighted by molar-refractivity contribution is 5.96. The maximum atomic E-state index is 12.9. The largest absolute Gasteiger partial charge is 0.491 e. The van der Waals surface area contributed by atoms with Gasteiger partial charge in [0.15, 0.2) is 5.78 Å². The predicted molar refractivity (Wildman–Crippen MR) is 57.9 cm³/mol. The summed E-state index contributed by atoms with van der Waals surface area (Å²) in [5, 5.41) is 10.4. The Hall–Kier alpha value is -2.11. The quantitative estimate of drug-likeness (QED) is 0.607. The molecule has 92 valence electrons. The highest BCUT2D eigenvalue weighted by atomic mass is 19.1. The minimum absolute atomic E-state index is 0.0677. The zero-order valence-corrected chi connectivity index (χ0v) is 9.20. The molecule has 0 bridgehead atoms. The summed E-state index contributed by atoms with van der Waals surface area (Å²) >= 11 is 0. The lowest BCUT2D eigenvalue weighted by atomic mass is 10.1. The van der Waals surface area contributed by atoms with E-state index in [0.29, 0.717) is 0 Å². The molecule has 2 N–H and O–H groups in total. The summed E-state index contributed by atoms with van der Waals surface area (Å²) in [6, 6.07) is 3.60. The number of benzene rings is 1. The van der Waals surface area contributed by atoms with E-state index in [0.717, 1.165) is 6.07 Å². The number of ketones is 1. The van der Waals surface area contributed by atoms with Crippen molar-refractivity contribution in [1.82, 2.24) is 5.32 Å². The van der Waals surface area contributed by atoms with E-state index in [4.69, 9.17) is 9.84 Å². The smallest absolute Gasteiger partial charge is 0.404 e. The lowest BCUT2D eigenvalue weighted by molar-refractivity contribution is 0.101. The van der Waals surface area contributed by atoms with Crippen LogP contribution in [0.3, 0.4) is 0 Å². The number of carbonyl (C=O) groups excluding carboxylic acids is 1. The van der Waals surface area contributed by atoms with Crippen LogP contribution in [0.1, 0.15) is 17.3 Å². The van der Waals surface area contributed by atoms with Crippen LogP contribution in [0.4, 0.5) is 9.18 Å². The van der Waals surface area contributed by atoms with Gasteiger partial charge in [0.05, 0.1) is 12.1 Å². The Morgan fingerprint density at radius 1 is 1.47 bits per heavy atom. The van der Waals surface area contributed by atoms with Gasteiger partial charge in [-0.1, -0.05) is 0 Å². The van der Waals surface area contributed by atoms with Crippen LogP contribution in [0.25, 0.3) is 0 Å². The Morgan fingerprint density at radius 3 is 2.76 bits per heavy atom. The van der Waals surface area contributed by atoms with Gasteiger partial charge >= 0.3 is 6.09 Å². The third-order valence-electron chi connectivity index (χ3n) is 1.96. The molecule has 0 spiro atoms. The van der Waals surface area contributed by atoms with E-state index in [9.17, 15) is 14.0 Å². The molecule has 0 unspecified atom stereocenters. The summed E-state index contributed by atoms with van der Waals surface area (Å²) in [6.07, 6.45) is -1.15. The second-order valence-electron chi connectivity index (χ2n) is 3.28. The number of carboxylic acid groups (broad SMARTS) is 1. The van der Waals surface area contributed by atoms with Crippen LogP contribution in [-0.2, 0) is 0 Å². The Labute approximate surface area is 97.2 Å². The summed E-state index contributed by atoms with van der Waals surface area (Å²) in [5.74, 6) is -0.594. The molecule has 1 amide bonds. The van der Waals surface area contributed by atoms with Crippen LogP contribution in [-0.4, -0.2) is 30.1 Å². The van der Waals surface area contributed by atoms with Crippen molar-refractivity contribution in [3.8, 4) is 5.75 Å². The molecule has 0 aliphatic rings. The molecule has 0 saturated carbocycles. The van der Waals surface area contributed by atoms with E-state index in [-0.39, 0.29) is 30.2 Å². The highest BCUT2D eigenvalue weighted by Gasteiger charge is 2.09. The molecule has 0 atom stereocenters. The normalized spacial score (nSPS) is 9.76. The van der Waals surface area contributed by atoms with Crippen molar-refractivity contribution in [3.63, 3.8) is 0 Å². The number of amides is 1. The first-order chi connectivity index (χ1) is 8.00. The lowest BCUT2D eigenvalue weighted by Crippen LogP contribution is -2.26. The second-order valence-corrected chi connectivity index (χ2v) is 3.28. The molecule has 0 saturated heterocycles. The van der Waals surface area contributed by atoms with Gasteiger partial charge in [-0.3, -0.25) is 4.79 Å². The number of hydrogen-bond donors (Lipinski definition) is 2. The Bertz CT molecular complexity index is 433. The zero-order valence-electron chi connectivity index (χ0n) is 9.20. The molecular weight excluding hydrogens is 229 g/mol. The molecule has 0 radical (unpaired) electrons. The summed E-state index contributed by atoms with van der Waals surface area (Å²) in [6.45, 7) is 1.46. The number of nitrogens with one attached hydrogen (secondary N) is 1. The van der Waals surface area contributed by atoms with Gasteiger partial charge in [-0.2, -0.15) is 0 Å². The average molecular weight is 241 g/mol. The van der Waals surface area contributed by atoms with Gasteiger partial charge in [0.25, 0.3) is 0 Å². The fourth-order valence-corrected chi connectivity index (χ4v) is 1.22. The van der Waals surface area contributed by atoms with Crippen molar-refractivity contribution >= 4 is 11.9 Å². The van der Waals surface area contributed by atoms with E-state index in [1.807, 2.05) is 0 Å². The highest BCUT2D eigenvalue weighted by Crippen LogP contribution is 2.20. The molecule has 0 aromatic heterocycles. The van der Waals surface area contributed by atoms with Crippen LogP contribution in [0.2, 0.25) is 0 Å². The van der Waals surface area contributed by atoms with Crippen LogP contribution in [0, 0.1) is 5.82 Å². The minimum atomic E-state index is -1.15. The standard InChI is InChI=1S/C11H12FNO4/c1-7(14)9-6-8(12)2-3-10(9)17-5-4-13-11(15)16/h2-3,6,13H,4-5H2,1H3,(H,15,16). The molecule has 0 aliphatic heterocycles. The Kier molecular flexibility index (Phi) is 4.45. The second kappa shape index (κ2) is 5.83. The fourth-order valence-electron chi connectivity index (χ4n) is 1.22. The van der Waals surface area contributed by atoms with Gasteiger partial charge in [-0.25, -0.2) is 9.18 Å². The molecular formula is C11H12FNO4. The van der Waals surface area contributed by atoms with E-state index in [1.165, 1.54) is 19.1 Å². The fraction of sp³-hybridized carbons (Fsp3) is 0.273. The van der Waals surface area contributed by atoms with E-state index in [1.54, 1.807) is 0 Å².